The van der Waals surface area contributed by atoms with Crippen molar-refractivity contribution in [1.82, 2.24) is 5.32 Å². The zero-order valence-electron chi connectivity index (χ0n) is 15.0. The van der Waals surface area contributed by atoms with Crippen LogP contribution in [0.15, 0.2) is 17.0 Å². The second-order valence-corrected chi connectivity index (χ2v) is 9.12. The van der Waals surface area contributed by atoms with Crippen molar-refractivity contribution in [3.63, 3.8) is 0 Å². The highest BCUT2D eigenvalue weighted by Crippen LogP contribution is 2.41. The first-order chi connectivity index (χ1) is 11.2. The summed E-state index contributed by atoms with van der Waals surface area (Å²) in [6, 6.07) is 2.41. The van der Waals surface area contributed by atoms with Crippen molar-refractivity contribution in [2.24, 2.45) is 5.92 Å². The van der Waals surface area contributed by atoms with Gasteiger partial charge >= 0.3 is 0 Å². The van der Waals surface area contributed by atoms with Gasteiger partial charge in [0, 0.05) is 17.6 Å². The number of hydrogen-bond acceptors (Lipinski definition) is 5. The molecule has 0 bridgehead atoms. The van der Waals surface area contributed by atoms with Gasteiger partial charge < -0.3 is 15.5 Å². The highest BCUT2D eigenvalue weighted by Gasteiger charge is 2.44. The fraction of sp³-hybridized carbons (Fsp3) is 0.667. The Morgan fingerprint density at radius 2 is 1.88 bits per heavy atom. The average molecular weight is 356 g/mol. The highest BCUT2D eigenvalue weighted by atomic mass is 32.2. The molecule has 136 valence electrons. The molecule has 5 nitrogen and oxygen atoms in total. The third kappa shape index (κ3) is 3.40. The highest BCUT2D eigenvalue weighted by molar-refractivity contribution is 7.91. The molecular weight excluding hydrogens is 326 g/mol. The van der Waals surface area contributed by atoms with Crippen molar-refractivity contribution in [3.8, 4) is 11.5 Å². The van der Waals surface area contributed by atoms with Crippen LogP contribution in [0.2, 0.25) is 0 Å². The van der Waals surface area contributed by atoms with Gasteiger partial charge in [-0.1, -0.05) is 40.5 Å². The third-order valence-corrected chi connectivity index (χ3v) is 7.14. The SMILES string of the molecule is CCCCC1(C(C)C)CS(=O)(=O)c2cc(O)c(O)cc2C(CC)N1. The first-order valence-electron chi connectivity index (χ1n) is 8.73. The maximum Gasteiger partial charge on any atom is 0.180 e. The summed E-state index contributed by atoms with van der Waals surface area (Å²) in [7, 11) is -3.58. The lowest BCUT2D eigenvalue weighted by Gasteiger charge is -2.40. The number of hydrogen-bond donors (Lipinski definition) is 3. The van der Waals surface area contributed by atoms with E-state index in [1.807, 2.05) is 6.92 Å². The van der Waals surface area contributed by atoms with Crippen LogP contribution in [0.3, 0.4) is 0 Å². The summed E-state index contributed by atoms with van der Waals surface area (Å²) >= 11 is 0. The van der Waals surface area contributed by atoms with Gasteiger partial charge in [0.15, 0.2) is 21.3 Å². The molecule has 0 amide bonds. The Balaban J connectivity index is 2.65. The molecule has 1 aromatic rings. The van der Waals surface area contributed by atoms with Gasteiger partial charge in [0.2, 0.25) is 0 Å². The molecule has 1 aromatic carbocycles. The van der Waals surface area contributed by atoms with Gasteiger partial charge in [-0.05, 0) is 30.4 Å². The van der Waals surface area contributed by atoms with E-state index in [-0.39, 0.29) is 28.4 Å². The Morgan fingerprint density at radius 3 is 2.42 bits per heavy atom. The average Bonchev–Trinajstić information content (AvgIpc) is 2.60. The minimum atomic E-state index is -3.58. The molecule has 0 radical (unpaired) electrons. The summed E-state index contributed by atoms with van der Waals surface area (Å²) in [5.41, 5.74) is 0.0339. The minimum Gasteiger partial charge on any atom is -0.504 e. The van der Waals surface area contributed by atoms with Crippen LogP contribution in [0.25, 0.3) is 0 Å². The summed E-state index contributed by atoms with van der Waals surface area (Å²) in [6.07, 6.45) is 3.43. The van der Waals surface area contributed by atoms with Crippen LogP contribution >= 0.6 is 0 Å². The van der Waals surface area contributed by atoms with Crippen molar-refractivity contribution in [1.29, 1.82) is 0 Å². The number of sulfone groups is 1. The molecule has 3 N–H and O–H groups in total. The number of aromatic hydroxyl groups is 2. The lowest BCUT2D eigenvalue weighted by Crippen LogP contribution is -2.54. The number of rotatable bonds is 5. The zero-order valence-corrected chi connectivity index (χ0v) is 15.8. The third-order valence-electron chi connectivity index (χ3n) is 5.22. The molecule has 0 saturated carbocycles. The number of benzene rings is 1. The van der Waals surface area contributed by atoms with Crippen LogP contribution in [-0.4, -0.2) is 29.9 Å². The smallest absolute Gasteiger partial charge is 0.180 e. The van der Waals surface area contributed by atoms with E-state index in [4.69, 9.17) is 0 Å². The molecule has 0 fully saturated rings. The first kappa shape index (κ1) is 19.1. The van der Waals surface area contributed by atoms with Crippen LogP contribution in [0.5, 0.6) is 11.5 Å². The molecule has 0 aliphatic carbocycles. The number of fused-ring (bicyclic) bond motifs is 1. The Hall–Kier alpha value is -1.27. The van der Waals surface area contributed by atoms with Crippen LogP contribution < -0.4 is 5.32 Å². The second kappa shape index (κ2) is 6.92. The predicted molar refractivity (Wildman–Crippen MR) is 95.1 cm³/mol. The van der Waals surface area contributed by atoms with Gasteiger partial charge in [-0.2, -0.15) is 0 Å². The van der Waals surface area contributed by atoms with Crippen molar-refractivity contribution in [3.05, 3.63) is 17.7 Å². The molecule has 1 aliphatic rings. The van der Waals surface area contributed by atoms with Crippen molar-refractivity contribution >= 4 is 9.84 Å². The number of unbranched alkanes of at least 4 members (excludes halogenated alkanes) is 1. The fourth-order valence-electron chi connectivity index (χ4n) is 3.58. The summed E-state index contributed by atoms with van der Waals surface area (Å²) in [5, 5.41) is 23.3. The molecule has 0 aromatic heterocycles. The Labute approximate surface area is 145 Å². The van der Waals surface area contributed by atoms with Crippen LogP contribution in [-0.2, 0) is 9.84 Å². The zero-order chi connectivity index (χ0) is 18.1. The number of phenols is 2. The van der Waals surface area contributed by atoms with Crippen molar-refractivity contribution < 1.29 is 18.6 Å². The van der Waals surface area contributed by atoms with E-state index in [0.717, 1.165) is 19.3 Å². The predicted octanol–water partition coefficient (Wildman–Crippen LogP) is 3.51. The van der Waals surface area contributed by atoms with Gasteiger partial charge in [0.1, 0.15) is 0 Å². The lowest BCUT2D eigenvalue weighted by molar-refractivity contribution is 0.213. The van der Waals surface area contributed by atoms with E-state index in [1.165, 1.54) is 12.1 Å². The van der Waals surface area contributed by atoms with E-state index in [2.05, 4.69) is 26.1 Å². The Kier molecular flexibility index (Phi) is 5.50. The van der Waals surface area contributed by atoms with E-state index in [9.17, 15) is 18.6 Å². The van der Waals surface area contributed by atoms with Crippen molar-refractivity contribution in [2.75, 3.05) is 5.75 Å². The summed E-state index contributed by atoms with van der Waals surface area (Å²) < 4.78 is 26.1. The maximum absolute atomic E-state index is 13.1. The largest absolute Gasteiger partial charge is 0.504 e. The lowest BCUT2D eigenvalue weighted by atomic mass is 9.82. The van der Waals surface area contributed by atoms with Gasteiger partial charge in [-0.25, -0.2) is 8.42 Å². The standard InChI is InChI=1S/C18H29NO4S/c1-5-7-8-18(12(3)4)11-24(22,23)17-10-16(21)15(20)9-13(17)14(6-2)19-18/h9-10,12,14,19-21H,5-8,11H2,1-4H3. The summed E-state index contributed by atoms with van der Waals surface area (Å²) in [5.74, 6) is -0.525. The Morgan fingerprint density at radius 1 is 1.25 bits per heavy atom. The quantitative estimate of drug-likeness (QED) is 0.704. The summed E-state index contributed by atoms with van der Waals surface area (Å²) in [6.45, 7) is 8.20. The molecule has 2 unspecified atom stereocenters. The van der Waals surface area contributed by atoms with E-state index < -0.39 is 21.1 Å². The van der Waals surface area contributed by atoms with E-state index in [0.29, 0.717) is 12.0 Å². The maximum atomic E-state index is 13.1. The number of phenolic OH excluding ortho intramolecular Hbond substituents is 2. The van der Waals surface area contributed by atoms with Gasteiger partial charge in [-0.15, -0.1) is 0 Å². The molecule has 24 heavy (non-hydrogen) atoms. The summed E-state index contributed by atoms with van der Waals surface area (Å²) in [4.78, 5) is 0.135. The first-order valence-corrected chi connectivity index (χ1v) is 10.4. The van der Waals surface area contributed by atoms with E-state index >= 15 is 0 Å². The van der Waals surface area contributed by atoms with Crippen molar-refractivity contribution in [2.45, 2.75) is 69.9 Å². The van der Waals surface area contributed by atoms with Gasteiger partial charge in [0.05, 0.1) is 10.6 Å². The second-order valence-electron chi connectivity index (χ2n) is 7.16. The topological polar surface area (TPSA) is 86.6 Å². The monoisotopic (exact) mass is 355 g/mol. The van der Waals surface area contributed by atoms with E-state index in [1.54, 1.807) is 0 Å². The molecule has 6 heteroatoms. The molecule has 2 rings (SSSR count). The fourth-order valence-corrected chi connectivity index (χ4v) is 5.83. The van der Waals surface area contributed by atoms with Crippen LogP contribution in [0.1, 0.15) is 65.0 Å². The normalized spacial score (nSPS) is 26.1. The molecule has 0 saturated heterocycles. The van der Waals surface area contributed by atoms with Crippen LogP contribution in [0.4, 0.5) is 0 Å². The van der Waals surface area contributed by atoms with Crippen LogP contribution in [0, 0.1) is 5.92 Å². The molecule has 2 atom stereocenters. The molecule has 1 heterocycles. The molecule has 0 spiro atoms. The molecule has 1 aliphatic heterocycles. The number of nitrogens with one attached hydrogen (secondary N) is 1. The minimum absolute atomic E-state index is 0.00534. The van der Waals surface area contributed by atoms with Gasteiger partial charge in [-0.3, -0.25) is 0 Å². The Bertz CT molecular complexity index is 699. The molecular formula is C18H29NO4S. The van der Waals surface area contributed by atoms with Gasteiger partial charge in [0.25, 0.3) is 0 Å².